The maximum atomic E-state index is 10.9. The molecule has 1 saturated carbocycles. The van der Waals surface area contributed by atoms with E-state index in [1.165, 1.54) is 12.1 Å². The van der Waals surface area contributed by atoms with E-state index in [1.807, 2.05) is 7.05 Å². The second-order valence-electron chi connectivity index (χ2n) is 5.64. The lowest BCUT2D eigenvalue weighted by molar-refractivity contribution is -0.384. The van der Waals surface area contributed by atoms with Crippen LogP contribution in [-0.2, 0) is 0 Å². The van der Waals surface area contributed by atoms with Gasteiger partial charge in [0.05, 0.1) is 16.7 Å². The molecular weight excluding hydrogens is 318 g/mol. The van der Waals surface area contributed by atoms with E-state index in [0.717, 1.165) is 12.8 Å². The van der Waals surface area contributed by atoms with E-state index < -0.39 is 4.92 Å². The molecule has 3 rings (SSSR count). The average Bonchev–Trinajstić information content (AvgIpc) is 3.35. The van der Waals surface area contributed by atoms with Crippen molar-refractivity contribution in [3.05, 3.63) is 51.8 Å². The van der Waals surface area contributed by atoms with Crippen LogP contribution in [0.15, 0.2) is 36.5 Å². The molecule has 1 fully saturated rings. The predicted molar refractivity (Wildman–Crippen MR) is 87.9 cm³/mol. The summed E-state index contributed by atoms with van der Waals surface area (Å²) in [6.07, 6.45) is 3.74. The van der Waals surface area contributed by atoms with Crippen LogP contribution in [0.4, 0.5) is 5.69 Å². The van der Waals surface area contributed by atoms with Gasteiger partial charge in [-0.1, -0.05) is 23.7 Å². The molecule has 1 aliphatic rings. The van der Waals surface area contributed by atoms with Gasteiger partial charge in [-0.2, -0.15) is 0 Å². The van der Waals surface area contributed by atoms with Crippen LogP contribution in [0.5, 0.6) is 5.75 Å². The maximum Gasteiger partial charge on any atom is 0.270 e. The van der Waals surface area contributed by atoms with Crippen LogP contribution in [0.1, 0.15) is 12.8 Å². The SMILES string of the molecule is CNC1(COc2cnc(Cl)c(-c3cccc([N+](=O)[O-])c3)c2)CC1. The number of hydrogen-bond acceptors (Lipinski definition) is 5. The molecule has 0 saturated heterocycles. The van der Waals surface area contributed by atoms with Crippen molar-refractivity contribution in [3.8, 4) is 16.9 Å². The zero-order valence-electron chi connectivity index (χ0n) is 12.6. The highest BCUT2D eigenvalue weighted by atomic mass is 35.5. The van der Waals surface area contributed by atoms with Crippen molar-refractivity contribution in [2.75, 3.05) is 13.7 Å². The van der Waals surface area contributed by atoms with Crippen LogP contribution < -0.4 is 10.1 Å². The Balaban J connectivity index is 1.85. The molecule has 6 nitrogen and oxygen atoms in total. The van der Waals surface area contributed by atoms with Gasteiger partial charge in [0, 0.05) is 17.7 Å². The van der Waals surface area contributed by atoms with E-state index in [1.54, 1.807) is 24.4 Å². The van der Waals surface area contributed by atoms with Gasteiger partial charge in [-0.05, 0) is 31.5 Å². The van der Waals surface area contributed by atoms with Crippen molar-refractivity contribution in [2.24, 2.45) is 0 Å². The number of hydrogen-bond donors (Lipinski definition) is 1. The molecule has 0 unspecified atom stereocenters. The monoisotopic (exact) mass is 333 g/mol. The minimum absolute atomic E-state index is 0.0111. The Morgan fingerprint density at radius 3 is 2.87 bits per heavy atom. The molecule has 0 amide bonds. The van der Waals surface area contributed by atoms with Crippen molar-refractivity contribution in [3.63, 3.8) is 0 Å². The second kappa shape index (κ2) is 6.14. The molecule has 0 radical (unpaired) electrons. The van der Waals surface area contributed by atoms with Gasteiger partial charge in [0.1, 0.15) is 17.5 Å². The van der Waals surface area contributed by atoms with E-state index in [2.05, 4.69) is 10.3 Å². The largest absolute Gasteiger partial charge is 0.490 e. The van der Waals surface area contributed by atoms with Crippen LogP contribution in [0.2, 0.25) is 5.15 Å². The lowest BCUT2D eigenvalue weighted by atomic mass is 10.1. The highest BCUT2D eigenvalue weighted by Gasteiger charge is 2.41. The number of nitrogens with zero attached hydrogens (tertiary/aromatic N) is 2. The van der Waals surface area contributed by atoms with E-state index >= 15 is 0 Å². The third-order valence-electron chi connectivity index (χ3n) is 4.08. The van der Waals surface area contributed by atoms with Gasteiger partial charge in [-0.15, -0.1) is 0 Å². The molecule has 0 aliphatic heterocycles. The van der Waals surface area contributed by atoms with Gasteiger partial charge < -0.3 is 10.1 Å². The second-order valence-corrected chi connectivity index (χ2v) is 5.99. The van der Waals surface area contributed by atoms with Crippen molar-refractivity contribution in [1.82, 2.24) is 10.3 Å². The van der Waals surface area contributed by atoms with Crippen LogP contribution >= 0.6 is 11.6 Å². The van der Waals surface area contributed by atoms with Crippen molar-refractivity contribution >= 4 is 17.3 Å². The fourth-order valence-corrected chi connectivity index (χ4v) is 2.55. The Bertz CT molecular complexity index is 747. The molecule has 2 aromatic rings. The molecule has 0 bridgehead atoms. The topological polar surface area (TPSA) is 77.3 Å². The number of pyridine rings is 1. The zero-order valence-corrected chi connectivity index (χ0v) is 13.3. The maximum absolute atomic E-state index is 10.9. The summed E-state index contributed by atoms with van der Waals surface area (Å²) in [5.41, 5.74) is 1.32. The molecule has 120 valence electrons. The number of likely N-dealkylation sites (N-methyl/N-ethyl adjacent to an activating group) is 1. The predicted octanol–water partition coefficient (Wildman–Crippen LogP) is 3.44. The summed E-state index contributed by atoms with van der Waals surface area (Å²) in [6.45, 7) is 0.557. The Labute approximate surface area is 138 Å². The molecule has 1 aliphatic carbocycles. The van der Waals surface area contributed by atoms with E-state index in [9.17, 15) is 10.1 Å². The minimum atomic E-state index is -0.436. The standard InChI is InChI=1S/C16H16ClN3O3/c1-18-16(5-6-16)10-23-13-8-14(15(17)19-9-13)11-3-2-4-12(7-11)20(21)22/h2-4,7-9,18H,5-6,10H2,1H3. The molecular formula is C16H16ClN3O3. The average molecular weight is 334 g/mol. The van der Waals surface area contributed by atoms with Crippen molar-refractivity contribution in [1.29, 1.82) is 0 Å². The van der Waals surface area contributed by atoms with Gasteiger partial charge in [0.25, 0.3) is 5.69 Å². The number of nitro groups is 1. The van der Waals surface area contributed by atoms with E-state index in [4.69, 9.17) is 16.3 Å². The van der Waals surface area contributed by atoms with Gasteiger partial charge in [-0.25, -0.2) is 4.98 Å². The zero-order chi connectivity index (χ0) is 16.4. The molecule has 0 spiro atoms. The first-order valence-electron chi connectivity index (χ1n) is 7.25. The summed E-state index contributed by atoms with van der Waals surface area (Å²) in [5.74, 6) is 0.595. The molecule has 1 N–H and O–H groups in total. The number of ether oxygens (including phenoxy) is 1. The third-order valence-corrected chi connectivity index (χ3v) is 4.38. The van der Waals surface area contributed by atoms with Gasteiger partial charge in [0.2, 0.25) is 0 Å². The number of non-ortho nitro benzene ring substituents is 1. The van der Waals surface area contributed by atoms with Crippen LogP contribution in [0.25, 0.3) is 11.1 Å². The first kappa shape index (κ1) is 15.7. The molecule has 1 heterocycles. The first-order valence-corrected chi connectivity index (χ1v) is 7.63. The lowest BCUT2D eigenvalue weighted by Gasteiger charge is -2.15. The summed E-state index contributed by atoms with van der Waals surface area (Å²) in [7, 11) is 1.92. The highest BCUT2D eigenvalue weighted by molar-refractivity contribution is 6.32. The molecule has 7 heteroatoms. The normalized spacial score (nSPS) is 15.2. The number of halogens is 1. The van der Waals surface area contributed by atoms with Crippen LogP contribution in [0.3, 0.4) is 0 Å². The quantitative estimate of drug-likeness (QED) is 0.498. The number of nitrogens with one attached hydrogen (secondary N) is 1. The fraction of sp³-hybridized carbons (Fsp3) is 0.312. The Hall–Kier alpha value is -2.18. The smallest absolute Gasteiger partial charge is 0.270 e. The summed E-state index contributed by atoms with van der Waals surface area (Å²) in [4.78, 5) is 14.6. The minimum Gasteiger partial charge on any atom is -0.490 e. The third kappa shape index (κ3) is 3.43. The molecule has 1 aromatic heterocycles. The molecule has 0 atom stereocenters. The van der Waals surface area contributed by atoms with Gasteiger partial charge >= 0.3 is 0 Å². The molecule has 23 heavy (non-hydrogen) atoms. The Kier molecular flexibility index (Phi) is 4.19. The van der Waals surface area contributed by atoms with Crippen LogP contribution in [-0.4, -0.2) is 29.1 Å². The number of rotatable bonds is 6. The highest BCUT2D eigenvalue weighted by Crippen LogP contribution is 2.36. The first-order chi connectivity index (χ1) is 11.0. The Morgan fingerprint density at radius 1 is 1.43 bits per heavy atom. The van der Waals surface area contributed by atoms with E-state index in [-0.39, 0.29) is 16.4 Å². The molecule has 1 aromatic carbocycles. The summed E-state index contributed by atoms with van der Waals surface area (Å²) in [5, 5.41) is 14.5. The van der Waals surface area contributed by atoms with E-state index in [0.29, 0.717) is 23.5 Å². The van der Waals surface area contributed by atoms with Gasteiger partial charge in [-0.3, -0.25) is 10.1 Å². The van der Waals surface area contributed by atoms with Gasteiger partial charge in [0.15, 0.2) is 0 Å². The number of aromatic nitrogens is 1. The van der Waals surface area contributed by atoms with Crippen molar-refractivity contribution < 1.29 is 9.66 Å². The summed E-state index contributed by atoms with van der Waals surface area (Å²) >= 11 is 6.14. The fourth-order valence-electron chi connectivity index (χ4n) is 2.34. The Morgan fingerprint density at radius 2 is 2.22 bits per heavy atom. The lowest BCUT2D eigenvalue weighted by Crippen LogP contribution is -2.33. The number of benzene rings is 1. The number of nitro benzene ring substituents is 1. The summed E-state index contributed by atoms with van der Waals surface area (Å²) in [6, 6.07) is 8.06. The van der Waals surface area contributed by atoms with Crippen LogP contribution in [0, 0.1) is 10.1 Å². The van der Waals surface area contributed by atoms with Crippen molar-refractivity contribution in [2.45, 2.75) is 18.4 Å². The summed E-state index contributed by atoms with van der Waals surface area (Å²) < 4.78 is 5.80.